The van der Waals surface area contributed by atoms with E-state index in [9.17, 15) is 10.0 Å². The maximum Gasteiger partial charge on any atom is 0.317 e. The van der Waals surface area contributed by atoms with Crippen LogP contribution in [0, 0.1) is 11.1 Å². The van der Waals surface area contributed by atoms with E-state index in [-0.39, 0.29) is 11.7 Å². The monoisotopic (exact) mass is 348 g/mol. The summed E-state index contributed by atoms with van der Waals surface area (Å²) >= 11 is 6.11. The number of carbonyl (C=O) groups is 1. The number of nitrogens with zero attached hydrogens (tertiary/aromatic N) is 1. The second kappa shape index (κ2) is 8.02. The first-order chi connectivity index (χ1) is 11.4. The van der Waals surface area contributed by atoms with Gasteiger partial charge in [-0.05, 0) is 36.6 Å². The summed E-state index contributed by atoms with van der Waals surface area (Å²) in [5.74, 6) is 0.542. The predicted octanol–water partition coefficient (Wildman–Crippen LogP) is 3.50. The second-order valence-electron chi connectivity index (χ2n) is 5.95. The number of benzene rings is 1. The zero-order valence-electron chi connectivity index (χ0n) is 14.0. The van der Waals surface area contributed by atoms with Crippen molar-refractivity contribution in [1.29, 1.82) is 0 Å². The third-order valence-corrected chi connectivity index (χ3v) is 3.87. The first kappa shape index (κ1) is 18.1. The summed E-state index contributed by atoms with van der Waals surface area (Å²) < 4.78 is 5.95. The minimum absolute atomic E-state index is 0.0484. The summed E-state index contributed by atoms with van der Waals surface area (Å²) in [4.78, 5) is 12.5. The molecule has 6 heteroatoms. The number of ether oxygens (including phenoxy) is 1. The normalized spacial score (nSPS) is 12.0. The van der Waals surface area contributed by atoms with Crippen LogP contribution in [-0.2, 0) is 0 Å². The van der Waals surface area contributed by atoms with E-state index < -0.39 is 5.91 Å². The van der Waals surface area contributed by atoms with Crippen molar-refractivity contribution in [3.05, 3.63) is 64.1 Å². The van der Waals surface area contributed by atoms with E-state index >= 15 is 0 Å². The maximum atomic E-state index is 12.5. The average molecular weight is 349 g/mol. The number of halogens is 1. The van der Waals surface area contributed by atoms with Crippen LogP contribution < -0.4 is 14.8 Å². The molecular formula is C18H21ClN2O3. The van der Waals surface area contributed by atoms with Gasteiger partial charge < -0.3 is 15.3 Å². The number of nitrogens with one attached hydrogen (secondary N) is 1. The number of carbonyl (C=O) groups excluding carboxylic acids is 1. The number of hydrogen-bond donors (Lipinski definition) is 1. The fraction of sp³-hybridized carbons (Fsp3) is 0.333. The molecule has 1 N–H and O–H groups in total. The molecule has 1 heterocycles. The zero-order valence-corrected chi connectivity index (χ0v) is 14.7. The van der Waals surface area contributed by atoms with Crippen molar-refractivity contribution in [3.8, 4) is 5.75 Å². The number of methoxy groups -OCH3 is 1. The van der Waals surface area contributed by atoms with E-state index in [4.69, 9.17) is 16.3 Å². The van der Waals surface area contributed by atoms with Crippen LogP contribution in [-0.4, -0.2) is 13.0 Å². The third-order valence-electron chi connectivity index (χ3n) is 3.64. The summed E-state index contributed by atoms with van der Waals surface area (Å²) in [6, 6.07) is 9.70. The van der Waals surface area contributed by atoms with Crippen molar-refractivity contribution in [3.63, 3.8) is 0 Å². The molecule has 0 fully saturated rings. The van der Waals surface area contributed by atoms with Crippen LogP contribution in [0.5, 0.6) is 5.75 Å². The Labute approximate surface area is 146 Å². The van der Waals surface area contributed by atoms with Gasteiger partial charge in [-0.25, -0.2) is 0 Å². The molecule has 24 heavy (non-hydrogen) atoms. The molecule has 0 bridgehead atoms. The van der Waals surface area contributed by atoms with Crippen LogP contribution in [0.15, 0.2) is 42.6 Å². The Bertz CT molecular complexity index is 719. The number of rotatable bonds is 6. The lowest BCUT2D eigenvalue weighted by atomic mass is 9.96. The summed E-state index contributed by atoms with van der Waals surface area (Å²) in [5.41, 5.74) is 0.840. The van der Waals surface area contributed by atoms with Gasteiger partial charge in [-0.15, -0.1) is 0 Å². The van der Waals surface area contributed by atoms with E-state index in [1.54, 1.807) is 37.4 Å². The van der Waals surface area contributed by atoms with Gasteiger partial charge in [0.15, 0.2) is 6.20 Å². The Balaban J connectivity index is 2.34. The standard InChI is InChI=1S/C18H21ClN2O3/c1-12(2)10-15(14-11-13(19)7-8-17(14)24-3)20-18(22)16-6-4-5-9-21(16)23/h4-9,11-12,15H,10H2,1-3H3,(H,20,22)/t15-/m1/s1. The van der Waals surface area contributed by atoms with Gasteiger partial charge in [0.1, 0.15) is 5.75 Å². The predicted molar refractivity (Wildman–Crippen MR) is 93.1 cm³/mol. The first-order valence-corrected chi connectivity index (χ1v) is 8.12. The van der Waals surface area contributed by atoms with Crippen LogP contribution in [0.3, 0.4) is 0 Å². The lowest BCUT2D eigenvalue weighted by molar-refractivity contribution is -0.607. The van der Waals surface area contributed by atoms with Crippen molar-refractivity contribution in [2.45, 2.75) is 26.3 Å². The molecule has 0 saturated carbocycles. The fourth-order valence-electron chi connectivity index (χ4n) is 2.55. The van der Waals surface area contributed by atoms with Gasteiger partial charge in [0.05, 0.1) is 13.2 Å². The molecule has 128 valence electrons. The molecule has 0 saturated heterocycles. The molecular weight excluding hydrogens is 328 g/mol. The molecule has 5 nitrogen and oxygen atoms in total. The number of amides is 1. The van der Waals surface area contributed by atoms with Crippen molar-refractivity contribution >= 4 is 17.5 Å². The molecule has 1 aromatic carbocycles. The van der Waals surface area contributed by atoms with E-state index in [1.807, 2.05) is 0 Å². The molecule has 2 rings (SSSR count). The molecule has 0 unspecified atom stereocenters. The zero-order chi connectivity index (χ0) is 17.7. The van der Waals surface area contributed by atoms with Gasteiger partial charge in [0.25, 0.3) is 5.69 Å². The third kappa shape index (κ3) is 4.38. The molecule has 1 atom stereocenters. The van der Waals surface area contributed by atoms with Gasteiger partial charge in [-0.2, -0.15) is 4.73 Å². The summed E-state index contributed by atoms with van der Waals surface area (Å²) in [6.07, 6.45) is 1.99. The molecule has 0 aliphatic heterocycles. The van der Waals surface area contributed by atoms with Gasteiger partial charge in [0.2, 0.25) is 0 Å². The number of aromatic nitrogens is 1. The highest BCUT2D eigenvalue weighted by Crippen LogP contribution is 2.32. The van der Waals surface area contributed by atoms with Gasteiger partial charge in [-0.1, -0.05) is 25.4 Å². The van der Waals surface area contributed by atoms with Crippen LogP contribution in [0.1, 0.15) is 42.4 Å². The lowest BCUT2D eigenvalue weighted by Gasteiger charge is -2.23. The molecule has 0 spiro atoms. The van der Waals surface area contributed by atoms with E-state index in [0.29, 0.717) is 27.8 Å². The van der Waals surface area contributed by atoms with E-state index in [2.05, 4.69) is 19.2 Å². The average Bonchev–Trinajstić information content (AvgIpc) is 2.54. The maximum absolute atomic E-state index is 12.5. The first-order valence-electron chi connectivity index (χ1n) is 7.75. The SMILES string of the molecule is COc1ccc(Cl)cc1[C@@H](CC(C)C)NC(=O)c1cccc[n+]1[O-]. The van der Waals surface area contributed by atoms with Gasteiger partial charge in [0, 0.05) is 22.7 Å². The van der Waals surface area contributed by atoms with Gasteiger partial charge in [-0.3, -0.25) is 4.79 Å². The van der Waals surface area contributed by atoms with E-state index in [0.717, 1.165) is 5.56 Å². The Kier molecular flexibility index (Phi) is 6.04. The molecule has 1 amide bonds. The molecule has 0 aliphatic rings. The van der Waals surface area contributed by atoms with Crippen LogP contribution in [0.2, 0.25) is 5.02 Å². The highest BCUT2D eigenvalue weighted by molar-refractivity contribution is 6.30. The molecule has 0 aliphatic carbocycles. The summed E-state index contributed by atoms with van der Waals surface area (Å²) in [5, 5.41) is 15.3. The van der Waals surface area contributed by atoms with Crippen LogP contribution in [0.25, 0.3) is 0 Å². The number of hydrogen-bond acceptors (Lipinski definition) is 3. The van der Waals surface area contributed by atoms with Crippen molar-refractivity contribution in [1.82, 2.24) is 5.32 Å². The summed E-state index contributed by atoms with van der Waals surface area (Å²) in [7, 11) is 1.57. The molecule has 0 radical (unpaired) electrons. The minimum Gasteiger partial charge on any atom is -0.618 e. The van der Waals surface area contributed by atoms with E-state index in [1.165, 1.54) is 12.3 Å². The second-order valence-corrected chi connectivity index (χ2v) is 6.39. The van der Waals surface area contributed by atoms with Crippen molar-refractivity contribution in [2.75, 3.05) is 7.11 Å². The van der Waals surface area contributed by atoms with Crippen molar-refractivity contribution in [2.24, 2.45) is 5.92 Å². The molecule has 2 aromatic rings. The Hall–Kier alpha value is -2.27. The Morgan fingerprint density at radius 2 is 2.08 bits per heavy atom. The van der Waals surface area contributed by atoms with Crippen LogP contribution >= 0.6 is 11.6 Å². The lowest BCUT2D eigenvalue weighted by Crippen LogP contribution is -2.40. The highest BCUT2D eigenvalue weighted by atomic mass is 35.5. The Morgan fingerprint density at radius 3 is 2.71 bits per heavy atom. The number of pyridine rings is 1. The topological polar surface area (TPSA) is 65.3 Å². The summed E-state index contributed by atoms with van der Waals surface area (Å²) in [6.45, 7) is 4.12. The van der Waals surface area contributed by atoms with Crippen molar-refractivity contribution < 1.29 is 14.3 Å². The minimum atomic E-state index is -0.432. The quantitative estimate of drug-likeness (QED) is 0.641. The van der Waals surface area contributed by atoms with Gasteiger partial charge >= 0.3 is 5.91 Å². The fourth-order valence-corrected chi connectivity index (χ4v) is 2.73. The molecule has 1 aromatic heterocycles. The Morgan fingerprint density at radius 1 is 1.33 bits per heavy atom. The largest absolute Gasteiger partial charge is 0.618 e. The smallest absolute Gasteiger partial charge is 0.317 e. The van der Waals surface area contributed by atoms with Crippen LogP contribution in [0.4, 0.5) is 0 Å². The highest BCUT2D eigenvalue weighted by Gasteiger charge is 2.24.